The molecule has 0 aromatic carbocycles. The quantitative estimate of drug-likeness (QED) is 0.821. The van der Waals surface area contributed by atoms with E-state index in [0.717, 1.165) is 57.0 Å². The van der Waals surface area contributed by atoms with Crippen LogP contribution in [0.5, 0.6) is 0 Å². The zero-order valence-electron chi connectivity index (χ0n) is 12.3. The van der Waals surface area contributed by atoms with Crippen LogP contribution in [0.4, 0.5) is 5.82 Å². The van der Waals surface area contributed by atoms with Crippen LogP contribution < -0.4 is 4.90 Å². The summed E-state index contributed by atoms with van der Waals surface area (Å²) in [6.07, 6.45) is 3.18. The summed E-state index contributed by atoms with van der Waals surface area (Å²) >= 11 is 0. The van der Waals surface area contributed by atoms with Crippen molar-refractivity contribution < 1.29 is 4.79 Å². The van der Waals surface area contributed by atoms with Gasteiger partial charge in [0.15, 0.2) is 5.82 Å². The fourth-order valence-electron chi connectivity index (χ4n) is 2.64. The van der Waals surface area contributed by atoms with Crippen molar-refractivity contribution in [1.82, 2.24) is 15.1 Å². The standard InChI is InChI=1S/C15H22N4O/c1-11-10-14(17-16-12(11)2)18-6-3-7-19(9-8-18)15(20)13-4-5-13/h10,13H,3-9H2,1-2H3. The lowest BCUT2D eigenvalue weighted by Gasteiger charge is -2.22. The molecule has 1 amide bonds. The molecule has 0 radical (unpaired) electrons. The number of aryl methyl sites for hydroxylation is 2. The summed E-state index contributed by atoms with van der Waals surface area (Å²) in [5.41, 5.74) is 2.15. The number of rotatable bonds is 2. The third kappa shape index (κ3) is 2.76. The summed E-state index contributed by atoms with van der Waals surface area (Å²) in [5, 5.41) is 8.50. The summed E-state index contributed by atoms with van der Waals surface area (Å²) in [4.78, 5) is 16.4. The fraction of sp³-hybridized carbons (Fsp3) is 0.667. The molecule has 1 aliphatic heterocycles. The highest BCUT2D eigenvalue weighted by atomic mass is 16.2. The van der Waals surface area contributed by atoms with Gasteiger partial charge < -0.3 is 9.80 Å². The van der Waals surface area contributed by atoms with E-state index >= 15 is 0 Å². The molecule has 1 saturated heterocycles. The predicted molar refractivity (Wildman–Crippen MR) is 77.6 cm³/mol. The van der Waals surface area contributed by atoms with Gasteiger partial charge in [0.1, 0.15) is 0 Å². The van der Waals surface area contributed by atoms with Gasteiger partial charge in [-0.2, -0.15) is 5.10 Å². The minimum atomic E-state index is 0.322. The average molecular weight is 274 g/mol. The van der Waals surface area contributed by atoms with Gasteiger partial charge in [-0.05, 0) is 44.7 Å². The van der Waals surface area contributed by atoms with E-state index in [1.165, 1.54) is 5.56 Å². The summed E-state index contributed by atoms with van der Waals surface area (Å²) in [5.74, 6) is 1.62. The Kier molecular flexibility index (Phi) is 3.59. The summed E-state index contributed by atoms with van der Waals surface area (Å²) in [6.45, 7) is 7.54. The van der Waals surface area contributed by atoms with Crippen molar-refractivity contribution in [1.29, 1.82) is 0 Å². The normalized spacial score (nSPS) is 19.9. The first-order valence-electron chi connectivity index (χ1n) is 7.50. The van der Waals surface area contributed by atoms with Gasteiger partial charge >= 0.3 is 0 Å². The number of aromatic nitrogens is 2. The molecule has 108 valence electrons. The maximum atomic E-state index is 12.1. The molecule has 2 aliphatic rings. The van der Waals surface area contributed by atoms with Crippen molar-refractivity contribution in [2.75, 3.05) is 31.1 Å². The molecule has 5 heteroatoms. The second kappa shape index (κ2) is 5.38. The Morgan fingerprint density at radius 1 is 1.15 bits per heavy atom. The molecule has 20 heavy (non-hydrogen) atoms. The van der Waals surface area contributed by atoms with E-state index in [2.05, 4.69) is 28.1 Å². The van der Waals surface area contributed by atoms with Crippen LogP contribution in [0.3, 0.4) is 0 Å². The van der Waals surface area contributed by atoms with E-state index in [1.54, 1.807) is 0 Å². The first-order valence-corrected chi connectivity index (χ1v) is 7.50. The second-order valence-electron chi connectivity index (χ2n) is 5.91. The van der Waals surface area contributed by atoms with E-state index in [4.69, 9.17) is 0 Å². The van der Waals surface area contributed by atoms with E-state index < -0.39 is 0 Å². The Bertz CT molecular complexity index is 513. The number of carbonyl (C=O) groups is 1. The molecule has 2 heterocycles. The zero-order chi connectivity index (χ0) is 14.1. The summed E-state index contributed by atoms with van der Waals surface area (Å²) < 4.78 is 0. The van der Waals surface area contributed by atoms with Crippen molar-refractivity contribution in [3.05, 3.63) is 17.3 Å². The molecule has 0 N–H and O–H groups in total. The molecule has 0 bridgehead atoms. The number of anilines is 1. The van der Waals surface area contributed by atoms with E-state index in [0.29, 0.717) is 11.8 Å². The number of hydrogen-bond donors (Lipinski definition) is 0. The van der Waals surface area contributed by atoms with Gasteiger partial charge in [-0.3, -0.25) is 4.79 Å². The SMILES string of the molecule is Cc1cc(N2CCCN(C(=O)C3CC3)CC2)nnc1C. The highest BCUT2D eigenvalue weighted by Gasteiger charge is 2.34. The molecule has 5 nitrogen and oxygen atoms in total. The molecule has 1 aromatic heterocycles. The fourth-order valence-corrected chi connectivity index (χ4v) is 2.64. The molecule has 0 atom stereocenters. The lowest BCUT2D eigenvalue weighted by Crippen LogP contribution is -2.36. The second-order valence-corrected chi connectivity index (χ2v) is 5.91. The molecular formula is C15H22N4O. The van der Waals surface area contributed by atoms with Gasteiger partial charge in [-0.1, -0.05) is 0 Å². The van der Waals surface area contributed by atoms with E-state index in [9.17, 15) is 4.79 Å². The largest absolute Gasteiger partial charge is 0.353 e. The van der Waals surface area contributed by atoms with Crippen LogP contribution in [0.15, 0.2) is 6.07 Å². The number of carbonyl (C=O) groups excluding carboxylic acids is 1. The van der Waals surface area contributed by atoms with Crippen molar-refractivity contribution >= 4 is 11.7 Å². The Morgan fingerprint density at radius 2 is 1.95 bits per heavy atom. The van der Waals surface area contributed by atoms with Crippen molar-refractivity contribution in [3.63, 3.8) is 0 Å². The van der Waals surface area contributed by atoms with E-state index in [1.807, 2.05) is 11.8 Å². The van der Waals surface area contributed by atoms with Crippen molar-refractivity contribution in [2.45, 2.75) is 33.1 Å². The number of nitrogens with zero attached hydrogens (tertiary/aromatic N) is 4. The lowest BCUT2D eigenvalue weighted by atomic mass is 10.2. The van der Waals surface area contributed by atoms with Crippen LogP contribution in [-0.2, 0) is 4.79 Å². The highest BCUT2D eigenvalue weighted by Crippen LogP contribution is 2.31. The van der Waals surface area contributed by atoms with Crippen LogP contribution in [-0.4, -0.2) is 47.2 Å². The first-order chi connectivity index (χ1) is 9.65. The van der Waals surface area contributed by atoms with Gasteiger partial charge in [0.25, 0.3) is 0 Å². The third-order valence-corrected chi connectivity index (χ3v) is 4.28. The topological polar surface area (TPSA) is 49.3 Å². The predicted octanol–water partition coefficient (Wildman–Crippen LogP) is 1.54. The van der Waals surface area contributed by atoms with E-state index in [-0.39, 0.29) is 0 Å². The Balaban J connectivity index is 1.67. The Morgan fingerprint density at radius 3 is 2.65 bits per heavy atom. The smallest absolute Gasteiger partial charge is 0.225 e. The van der Waals surface area contributed by atoms with Gasteiger partial charge in [0, 0.05) is 32.1 Å². The summed E-state index contributed by atoms with van der Waals surface area (Å²) in [7, 11) is 0. The molecule has 0 unspecified atom stereocenters. The lowest BCUT2D eigenvalue weighted by molar-refractivity contribution is -0.132. The third-order valence-electron chi connectivity index (χ3n) is 4.28. The van der Waals surface area contributed by atoms with Gasteiger partial charge in [0.05, 0.1) is 5.69 Å². The van der Waals surface area contributed by atoms with Crippen LogP contribution in [0, 0.1) is 19.8 Å². The first kappa shape index (κ1) is 13.3. The number of hydrogen-bond acceptors (Lipinski definition) is 4. The Hall–Kier alpha value is -1.65. The highest BCUT2D eigenvalue weighted by molar-refractivity contribution is 5.81. The van der Waals surface area contributed by atoms with Crippen LogP contribution in [0.2, 0.25) is 0 Å². The minimum absolute atomic E-state index is 0.322. The van der Waals surface area contributed by atoms with Crippen LogP contribution in [0.1, 0.15) is 30.5 Å². The maximum Gasteiger partial charge on any atom is 0.225 e. The van der Waals surface area contributed by atoms with Gasteiger partial charge in [-0.15, -0.1) is 5.10 Å². The maximum absolute atomic E-state index is 12.1. The molecule has 1 aromatic rings. The molecular weight excluding hydrogens is 252 g/mol. The zero-order valence-corrected chi connectivity index (χ0v) is 12.3. The van der Waals surface area contributed by atoms with Crippen LogP contribution >= 0.6 is 0 Å². The monoisotopic (exact) mass is 274 g/mol. The van der Waals surface area contributed by atoms with Crippen molar-refractivity contribution in [3.8, 4) is 0 Å². The average Bonchev–Trinajstić information content (AvgIpc) is 3.27. The van der Waals surface area contributed by atoms with Gasteiger partial charge in [-0.25, -0.2) is 0 Å². The Labute approximate surface area is 120 Å². The molecule has 3 rings (SSSR count). The van der Waals surface area contributed by atoms with Gasteiger partial charge in [0.2, 0.25) is 5.91 Å². The molecule has 2 fully saturated rings. The molecule has 1 aliphatic carbocycles. The molecule has 0 spiro atoms. The van der Waals surface area contributed by atoms with Crippen molar-refractivity contribution in [2.24, 2.45) is 5.92 Å². The number of amides is 1. The van der Waals surface area contributed by atoms with Crippen LogP contribution in [0.25, 0.3) is 0 Å². The summed E-state index contributed by atoms with van der Waals surface area (Å²) in [6, 6.07) is 2.10. The molecule has 1 saturated carbocycles. The minimum Gasteiger partial charge on any atom is -0.353 e.